The first-order valence-electron chi connectivity index (χ1n) is 26.3. The molecule has 0 radical (unpaired) electrons. The first-order valence-corrected chi connectivity index (χ1v) is 26.3. The number of hydrogen-bond acceptors (Lipinski definition) is 13. The third-order valence-corrected chi connectivity index (χ3v) is 12.6. The molecule has 76 heavy (non-hydrogen) atoms. The number of phenolic OH excluding ortho intramolecular Hbond substituents is 1. The Labute approximate surface area is 446 Å². The number of carbonyl (C=O) groups is 8. The number of nitrogens with two attached hydrogens (primary N) is 4. The van der Waals surface area contributed by atoms with E-state index >= 15 is 0 Å². The summed E-state index contributed by atoms with van der Waals surface area (Å²) in [5, 5.41) is 21.2. The highest BCUT2D eigenvalue weighted by Crippen LogP contribution is 2.31. The Morgan fingerprint density at radius 2 is 1.25 bits per heavy atom. The van der Waals surface area contributed by atoms with Crippen LogP contribution in [0.15, 0.2) is 64.6 Å². The summed E-state index contributed by atoms with van der Waals surface area (Å²) < 4.78 is 11.0. The third kappa shape index (κ3) is 25.5. The summed E-state index contributed by atoms with van der Waals surface area (Å²) >= 11 is 0. The van der Waals surface area contributed by atoms with Crippen molar-refractivity contribution in [2.75, 3.05) is 46.1 Å². The number of amides is 4. The van der Waals surface area contributed by atoms with Gasteiger partial charge in [0.25, 0.3) is 0 Å². The summed E-state index contributed by atoms with van der Waals surface area (Å²) in [5.74, 6) is -5.20. The standard InChI is InChI=1S/C55H82N10O11/c1-35(2)30-41(52(73)60-25-27-76-29-28-75-26-9-10-36(3)66)33-49(70)46(14-8-24-62-55(58)59)64-51(72)22-21-48(69)45(13-7-23-61-54(56)57)65-53(74)42(31-38-15-19-43(68)20-16-38)34-50(71)47(63-37(4)67)32-40-18-17-39-11-5-6-12-44(39)40/h5-6,11-12,15-16,18-20,35,41-42,45-47,68H,7-10,13-14,17,21-34H2,1-4H3,(H,60,73)(H,63,67)(H,64,72)(H,65,74)(H4,56,57,61)(H4,58,59,62)/t41-,42-,45+,46+,47+/m1/s1. The van der Waals surface area contributed by atoms with E-state index in [2.05, 4.69) is 31.3 Å². The predicted molar refractivity (Wildman–Crippen MR) is 290 cm³/mol. The number of benzene rings is 2. The lowest BCUT2D eigenvalue weighted by Gasteiger charge is -2.24. The van der Waals surface area contributed by atoms with Gasteiger partial charge in [-0.15, -0.1) is 0 Å². The number of guanidine groups is 2. The number of carbonyl (C=O) groups excluding carboxylic acids is 8. The van der Waals surface area contributed by atoms with Crippen LogP contribution < -0.4 is 44.2 Å². The van der Waals surface area contributed by atoms with Gasteiger partial charge in [-0.3, -0.25) is 43.5 Å². The summed E-state index contributed by atoms with van der Waals surface area (Å²) in [6.45, 7) is 8.49. The van der Waals surface area contributed by atoms with Gasteiger partial charge in [-0.25, -0.2) is 0 Å². The number of rotatable bonds is 39. The van der Waals surface area contributed by atoms with Crippen LogP contribution in [0.4, 0.5) is 0 Å². The molecule has 0 bridgehead atoms. The quantitative estimate of drug-likeness (QED) is 0.0264. The normalized spacial score (nSPS) is 13.7. The summed E-state index contributed by atoms with van der Waals surface area (Å²) in [5.41, 5.74) is 25.8. The average Bonchev–Trinajstić information content (AvgIpc) is 3.77. The second-order valence-corrected chi connectivity index (χ2v) is 19.6. The second kappa shape index (κ2) is 34.5. The zero-order chi connectivity index (χ0) is 56.0. The third-order valence-electron chi connectivity index (χ3n) is 12.6. The number of ether oxygens (including phenoxy) is 2. The minimum atomic E-state index is -1.15. The minimum Gasteiger partial charge on any atom is -0.508 e. The van der Waals surface area contributed by atoms with Gasteiger partial charge in [-0.05, 0) is 98.6 Å². The molecule has 21 nitrogen and oxygen atoms in total. The van der Waals surface area contributed by atoms with Gasteiger partial charge in [0.05, 0.1) is 37.9 Å². The largest absolute Gasteiger partial charge is 0.508 e. The molecule has 13 N–H and O–H groups in total. The molecule has 2 aromatic carbocycles. The Balaban J connectivity index is 1.76. The summed E-state index contributed by atoms with van der Waals surface area (Å²) in [6.07, 6.45) is 3.99. The number of aromatic hydroxyl groups is 1. The zero-order valence-corrected chi connectivity index (χ0v) is 44.7. The molecule has 1 aliphatic carbocycles. The van der Waals surface area contributed by atoms with E-state index < -0.39 is 65.0 Å². The Bertz CT molecular complexity index is 2330. The van der Waals surface area contributed by atoms with Gasteiger partial charge in [0.1, 0.15) is 11.5 Å². The maximum absolute atomic E-state index is 14.4. The van der Waals surface area contributed by atoms with E-state index in [0.29, 0.717) is 57.5 Å². The number of fused-ring (bicyclic) bond motifs is 1. The number of hydrogen-bond donors (Lipinski definition) is 9. The van der Waals surface area contributed by atoms with Gasteiger partial charge in [0, 0.05) is 83.5 Å². The minimum absolute atomic E-state index is 0.00263. The number of ketones is 4. The summed E-state index contributed by atoms with van der Waals surface area (Å²) in [4.78, 5) is 115. The molecule has 5 atom stereocenters. The van der Waals surface area contributed by atoms with Crippen LogP contribution in [0.2, 0.25) is 0 Å². The Kier molecular flexibility index (Phi) is 28.8. The SMILES string of the molecule is CC(=O)CCCOCCOCCNC(=O)[C@@H](CC(=O)[C@H](CCCN=C(N)N)NC(=O)CCC(=O)[C@H](CCCN=C(N)N)NC(=O)[C@@H](CC(=O)[C@H](CC1=CCc2ccccc21)NC(C)=O)Cc1ccc(O)cc1)CC(C)C. The van der Waals surface area contributed by atoms with Gasteiger partial charge >= 0.3 is 0 Å². The highest BCUT2D eigenvalue weighted by atomic mass is 16.5. The van der Waals surface area contributed by atoms with Crippen molar-refractivity contribution in [1.29, 1.82) is 0 Å². The number of allylic oxidation sites excluding steroid dienone is 1. The average molecular weight is 1060 g/mol. The van der Waals surface area contributed by atoms with Gasteiger partial charge in [0.15, 0.2) is 29.3 Å². The van der Waals surface area contributed by atoms with E-state index in [1.807, 2.05) is 44.2 Å². The van der Waals surface area contributed by atoms with E-state index in [-0.39, 0.29) is 119 Å². The van der Waals surface area contributed by atoms with E-state index in [9.17, 15) is 43.5 Å². The first-order chi connectivity index (χ1) is 36.2. The molecule has 0 heterocycles. The van der Waals surface area contributed by atoms with Crippen LogP contribution in [0.25, 0.3) is 5.57 Å². The van der Waals surface area contributed by atoms with Gasteiger partial charge < -0.3 is 63.6 Å². The molecule has 0 spiro atoms. The number of nitrogens with one attached hydrogen (secondary N) is 4. The lowest BCUT2D eigenvalue weighted by molar-refractivity contribution is -0.134. The number of aliphatic imine (C=N–C) groups is 2. The van der Waals surface area contributed by atoms with Crippen molar-refractivity contribution in [3.05, 3.63) is 71.3 Å². The van der Waals surface area contributed by atoms with Crippen molar-refractivity contribution < 1.29 is 52.9 Å². The van der Waals surface area contributed by atoms with Crippen molar-refractivity contribution in [2.45, 2.75) is 136 Å². The summed E-state index contributed by atoms with van der Waals surface area (Å²) in [7, 11) is 0. The van der Waals surface area contributed by atoms with Crippen LogP contribution in [0.3, 0.4) is 0 Å². The Morgan fingerprint density at radius 1 is 0.645 bits per heavy atom. The molecule has 1 aliphatic rings. The highest BCUT2D eigenvalue weighted by molar-refractivity contribution is 5.97. The number of Topliss-reactive ketones (excluding diaryl/α,β-unsaturated/α-hetero) is 4. The first kappa shape index (κ1) is 63.3. The molecule has 4 amide bonds. The molecule has 3 rings (SSSR count). The molecule has 0 unspecified atom stereocenters. The predicted octanol–water partition coefficient (Wildman–Crippen LogP) is 2.61. The van der Waals surface area contributed by atoms with Gasteiger partial charge in [-0.1, -0.05) is 56.3 Å². The lowest BCUT2D eigenvalue weighted by atomic mass is 9.88. The molecule has 0 saturated carbocycles. The fraction of sp³-hybridized carbons (Fsp3) is 0.564. The molecular weight excluding hydrogens is 977 g/mol. The lowest BCUT2D eigenvalue weighted by Crippen LogP contribution is -2.47. The molecule has 0 saturated heterocycles. The topological polar surface area (TPSA) is 352 Å². The Morgan fingerprint density at radius 3 is 1.87 bits per heavy atom. The second-order valence-electron chi connectivity index (χ2n) is 19.6. The van der Waals surface area contributed by atoms with E-state index in [1.165, 1.54) is 26.0 Å². The Hall–Kier alpha value is -7.00. The zero-order valence-electron chi connectivity index (χ0n) is 44.7. The fourth-order valence-corrected chi connectivity index (χ4v) is 8.79. The molecule has 2 aromatic rings. The molecule has 418 valence electrons. The molecule has 0 aliphatic heterocycles. The van der Waals surface area contributed by atoms with Crippen molar-refractivity contribution in [3.63, 3.8) is 0 Å². The molecular formula is C55H82N10O11. The highest BCUT2D eigenvalue weighted by Gasteiger charge is 2.33. The van der Waals surface area contributed by atoms with Crippen molar-refractivity contribution in [2.24, 2.45) is 50.7 Å². The van der Waals surface area contributed by atoms with E-state index in [0.717, 1.165) is 16.7 Å². The smallest absolute Gasteiger partial charge is 0.224 e. The van der Waals surface area contributed by atoms with Crippen LogP contribution in [0.1, 0.15) is 121 Å². The van der Waals surface area contributed by atoms with Gasteiger partial charge in [-0.2, -0.15) is 0 Å². The van der Waals surface area contributed by atoms with Crippen LogP contribution >= 0.6 is 0 Å². The molecule has 0 aromatic heterocycles. The van der Waals surface area contributed by atoms with E-state index in [4.69, 9.17) is 32.4 Å². The van der Waals surface area contributed by atoms with Crippen molar-refractivity contribution in [3.8, 4) is 5.75 Å². The van der Waals surface area contributed by atoms with E-state index in [1.54, 1.807) is 12.1 Å². The molecule has 21 heteroatoms. The van der Waals surface area contributed by atoms with Crippen molar-refractivity contribution in [1.82, 2.24) is 21.3 Å². The van der Waals surface area contributed by atoms with Crippen LogP contribution in [-0.4, -0.2) is 128 Å². The van der Waals surface area contributed by atoms with Crippen molar-refractivity contribution >= 4 is 64.3 Å². The number of nitrogens with zero attached hydrogens (tertiary/aromatic N) is 2. The monoisotopic (exact) mass is 1060 g/mol. The van der Waals surface area contributed by atoms with Gasteiger partial charge in [0.2, 0.25) is 23.6 Å². The van der Waals surface area contributed by atoms with Crippen LogP contribution in [0.5, 0.6) is 5.75 Å². The maximum Gasteiger partial charge on any atom is 0.224 e. The molecule has 0 fully saturated rings. The summed E-state index contributed by atoms with van der Waals surface area (Å²) in [6, 6.07) is 10.8. The van der Waals surface area contributed by atoms with Crippen LogP contribution in [-0.2, 0) is 60.7 Å². The number of phenols is 1. The maximum atomic E-state index is 14.4. The fourth-order valence-electron chi connectivity index (χ4n) is 8.79. The van der Waals surface area contributed by atoms with Crippen LogP contribution in [0, 0.1) is 17.8 Å².